The normalized spacial score (nSPS) is 24.2. The summed E-state index contributed by atoms with van der Waals surface area (Å²) in [6.45, 7) is 5.43. The van der Waals surface area contributed by atoms with Crippen LogP contribution >= 0.6 is 0 Å². The van der Waals surface area contributed by atoms with Gasteiger partial charge in [-0.05, 0) is 19.4 Å². The predicted molar refractivity (Wildman–Crippen MR) is 65.4 cm³/mol. The van der Waals surface area contributed by atoms with Crippen LogP contribution in [-0.2, 0) is 4.74 Å². The highest BCUT2D eigenvalue weighted by molar-refractivity contribution is 5.06. The molecule has 0 amide bonds. The van der Waals surface area contributed by atoms with E-state index in [1.165, 1.54) is 0 Å². The second kappa shape index (κ2) is 6.05. The largest absolute Gasteiger partial charge is 0.377 e. The van der Waals surface area contributed by atoms with Crippen molar-refractivity contribution in [1.82, 2.24) is 14.9 Å². The van der Waals surface area contributed by atoms with Crippen molar-refractivity contribution >= 4 is 0 Å². The second-order valence-electron chi connectivity index (χ2n) is 4.42. The molecule has 1 aromatic heterocycles. The van der Waals surface area contributed by atoms with Crippen LogP contribution < -0.4 is 5.73 Å². The zero-order valence-corrected chi connectivity index (χ0v) is 10.2. The van der Waals surface area contributed by atoms with Crippen molar-refractivity contribution in [2.45, 2.75) is 25.5 Å². The zero-order chi connectivity index (χ0) is 12.1. The molecule has 0 bridgehead atoms. The molecule has 2 unspecified atom stereocenters. The van der Waals surface area contributed by atoms with E-state index in [1.54, 1.807) is 12.5 Å². The molecule has 2 atom stereocenters. The number of ether oxygens (including phenoxy) is 1. The molecule has 0 aliphatic carbocycles. The molecule has 1 fully saturated rings. The number of nitrogens with zero attached hydrogens (tertiary/aromatic N) is 3. The molecule has 94 valence electrons. The SMILES string of the molecule is CC1CN(C(CN)c2ccncn2)CCCO1. The van der Waals surface area contributed by atoms with Crippen molar-refractivity contribution in [3.05, 3.63) is 24.3 Å². The summed E-state index contributed by atoms with van der Waals surface area (Å²) in [5, 5.41) is 0. The first-order valence-electron chi connectivity index (χ1n) is 6.13. The van der Waals surface area contributed by atoms with Crippen molar-refractivity contribution in [3.8, 4) is 0 Å². The van der Waals surface area contributed by atoms with E-state index in [4.69, 9.17) is 10.5 Å². The first kappa shape index (κ1) is 12.4. The van der Waals surface area contributed by atoms with Gasteiger partial charge in [0, 0.05) is 32.4 Å². The van der Waals surface area contributed by atoms with Gasteiger partial charge in [0.1, 0.15) is 6.33 Å². The summed E-state index contributed by atoms with van der Waals surface area (Å²) >= 11 is 0. The van der Waals surface area contributed by atoms with Gasteiger partial charge in [0.2, 0.25) is 0 Å². The van der Waals surface area contributed by atoms with Gasteiger partial charge in [0.05, 0.1) is 17.8 Å². The summed E-state index contributed by atoms with van der Waals surface area (Å²) in [6, 6.07) is 2.11. The lowest BCUT2D eigenvalue weighted by Crippen LogP contribution is -2.38. The van der Waals surface area contributed by atoms with Gasteiger partial charge < -0.3 is 10.5 Å². The quantitative estimate of drug-likeness (QED) is 0.832. The van der Waals surface area contributed by atoms with Gasteiger partial charge in [-0.2, -0.15) is 0 Å². The molecule has 2 rings (SSSR count). The van der Waals surface area contributed by atoms with Gasteiger partial charge in [0.15, 0.2) is 0 Å². The van der Waals surface area contributed by atoms with Gasteiger partial charge in [-0.3, -0.25) is 4.90 Å². The third-order valence-corrected chi connectivity index (χ3v) is 3.09. The van der Waals surface area contributed by atoms with Crippen LogP contribution in [0.3, 0.4) is 0 Å². The lowest BCUT2D eigenvalue weighted by atomic mass is 10.1. The highest BCUT2D eigenvalue weighted by Crippen LogP contribution is 2.19. The lowest BCUT2D eigenvalue weighted by Gasteiger charge is -2.30. The molecule has 5 heteroatoms. The second-order valence-corrected chi connectivity index (χ2v) is 4.42. The molecule has 0 spiro atoms. The Bertz CT molecular complexity index is 333. The first-order valence-corrected chi connectivity index (χ1v) is 6.13. The van der Waals surface area contributed by atoms with E-state index in [2.05, 4.69) is 21.8 Å². The Balaban J connectivity index is 2.11. The minimum atomic E-state index is 0.169. The van der Waals surface area contributed by atoms with Crippen LogP contribution in [0.5, 0.6) is 0 Å². The van der Waals surface area contributed by atoms with Gasteiger partial charge >= 0.3 is 0 Å². The van der Waals surface area contributed by atoms with Crippen LogP contribution in [0.2, 0.25) is 0 Å². The maximum absolute atomic E-state index is 5.89. The summed E-state index contributed by atoms with van der Waals surface area (Å²) in [5.41, 5.74) is 6.89. The van der Waals surface area contributed by atoms with Crippen molar-refractivity contribution < 1.29 is 4.74 Å². The molecule has 1 saturated heterocycles. The van der Waals surface area contributed by atoms with E-state index in [0.717, 1.165) is 31.8 Å². The highest BCUT2D eigenvalue weighted by Gasteiger charge is 2.23. The van der Waals surface area contributed by atoms with E-state index in [-0.39, 0.29) is 12.1 Å². The van der Waals surface area contributed by atoms with E-state index in [1.807, 2.05) is 6.07 Å². The molecule has 2 N–H and O–H groups in total. The molecule has 1 aliphatic rings. The molecule has 0 saturated carbocycles. The summed E-state index contributed by atoms with van der Waals surface area (Å²) in [4.78, 5) is 10.6. The molecule has 0 radical (unpaired) electrons. The Labute approximate surface area is 102 Å². The van der Waals surface area contributed by atoms with Crippen LogP contribution in [-0.4, -0.2) is 47.2 Å². The molecule has 0 aromatic carbocycles. The maximum Gasteiger partial charge on any atom is 0.115 e. The fourth-order valence-electron chi connectivity index (χ4n) is 2.26. The number of aromatic nitrogens is 2. The van der Waals surface area contributed by atoms with E-state index in [9.17, 15) is 0 Å². The number of hydrogen-bond donors (Lipinski definition) is 1. The van der Waals surface area contributed by atoms with Crippen LogP contribution in [0.25, 0.3) is 0 Å². The number of hydrogen-bond acceptors (Lipinski definition) is 5. The summed E-state index contributed by atoms with van der Waals surface area (Å²) in [5.74, 6) is 0. The molecular formula is C12H20N4O. The smallest absolute Gasteiger partial charge is 0.115 e. The minimum absolute atomic E-state index is 0.169. The van der Waals surface area contributed by atoms with Crippen LogP contribution in [0.1, 0.15) is 25.1 Å². The molecule has 17 heavy (non-hydrogen) atoms. The average Bonchev–Trinajstić information content (AvgIpc) is 2.56. The fourth-order valence-corrected chi connectivity index (χ4v) is 2.26. The Hall–Kier alpha value is -1.04. The highest BCUT2D eigenvalue weighted by atomic mass is 16.5. The van der Waals surface area contributed by atoms with E-state index in [0.29, 0.717) is 6.54 Å². The molecule has 2 heterocycles. The third-order valence-electron chi connectivity index (χ3n) is 3.09. The number of rotatable bonds is 3. The van der Waals surface area contributed by atoms with E-state index < -0.39 is 0 Å². The summed E-state index contributed by atoms with van der Waals surface area (Å²) < 4.78 is 5.65. The Kier molecular flexibility index (Phi) is 4.42. The Morgan fingerprint density at radius 3 is 3.24 bits per heavy atom. The molecule has 1 aromatic rings. The van der Waals surface area contributed by atoms with Crippen LogP contribution in [0.15, 0.2) is 18.6 Å². The van der Waals surface area contributed by atoms with Gasteiger partial charge in [-0.25, -0.2) is 9.97 Å². The van der Waals surface area contributed by atoms with Crippen molar-refractivity contribution in [2.75, 3.05) is 26.2 Å². The average molecular weight is 236 g/mol. The standard InChI is InChI=1S/C12H20N4O/c1-10-8-16(5-2-6-17-10)12(7-13)11-3-4-14-9-15-11/h3-4,9-10,12H,2,5-8,13H2,1H3. The zero-order valence-electron chi connectivity index (χ0n) is 10.2. The van der Waals surface area contributed by atoms with Crippen LogP contribution in [0.4, 0.5) is 0 Å². The minimum Gasteiger partial charge on any atom is -0.377 e. The van der Waals surface area contributed by atoms with Crippen molar-refractivity contribution in [2.24, 2.45) is 5.73 Å². The Morgan fingerprint density at radius 2 is 2.53 bits per heavy atom. The van der Waals surface area contributed by atoms with Gasteiger partial charge in [-0.1, -0.05) is 0 Å². The monoisotopic (exact) mass is 236 g/mol. The van der Waals surface area contributed by atoms with Gasteiger partial charge in [-0.15, -0.1) is 0 Å². The van der Waals surface area contributed by atoms with Gasteiger partial charge in [0.25, 0.3) is 0 Å². The molecule has 5 nitrogen and oxygen atoms in total. The first-order chi connectivity index (χ1) is 8.31. The van der Waals surface area contributed by atoms with Crippen LogP contribution in [0, 0.1) is 0 Å². The maximum atomic E-state index is 5.89. The summed E-state index contributed by atoms with van der Waals surface area (Å²) in [7, 11) is 0. The predicted octanol–water partition coefficient (Wildman–Crippen LogP) is 0.587. The molecule has 1 aliphatic heterocycles. The van der Waals surface area contributed by atoms with Crippen molar-refractivity contribution in [1.29, 1.82) is 0 Å². The van der Waals surface area contributed by atoms with E-state index >= 15 is 0 Å². The summed E-state index contributed by atoms with van der Waals surface area (Å²) in [6.07, 6.45) is 4.65. The third kappa shape index (κ3) is 3.21. The van der Waals surface area contributed by atoms with Crippen molar-refractivity contribution in [3.63, 3.8) is 0 Å². The molecular weight excluding hydrogens is 216 g/mol. The Morgan fingerprint density at radius 1 is 1.65 bits per heavy atom. The fraction of sp³-hybridized carbons (Fsp3) is 0.667. The topological polar surface area (TPSA) is 64.3 Å². The number of nitrogens with two attached hydrogens (primary N) is 1. The lowest BCUT2D eigenvalue weighted by molar-refractivity contribution is 0.0608.